The number of hydrogen-bond acceptors (Lipinski definition) is 6. The molecule has 0 spiro atoms. The van der Waals surface area contributed by atoms with Crippen LogP contribution in [0.5, 0.6) is 0 Å². The van der Waals surface area contributed by atoms with Crippen molar-refractivity contribution in [2.75, 3.05) is 64.7 Å². The van der Waals surface area contributed by atoms with Gasteiger partial charge in [-0.15, -0.1) is 0 Å². The molecular weight excluding hydrogens is 590 g/mol. The molecule has 3 fully saturated rings. The first-order valence-electron chi connectivity index (χ1n) is 17.4. The number of carbonyl (C=O) groups is 3. The number of aromatic nitrogens is 1. The average Bonchev–Trinajstić information content (AvgIpc) is 3.11. The Labute approximate surface area is 277 Å². The van der Waals surface area contributed by atoms with E-state index < -0.39 is 5.92 Å². The van der Waals surface area contributed by atoms with Crippen molar-refractivity contribution in [1.82, 2.24) is 29.5 Å². The Morgan fingerprint density at radius 3 is 2.34 bits per heavy atom. The van der Waals surface area contributed by atoms with Crippen molar-refractivity contribution in [3.05, 3.63) is 72.1 Å². The van der Waals surface area contributed by atoms with E-state index in [1.807, 2.05) is 32.9 Å². The highest BCUT2D eigenvalue weighted by Crippen LogP contribution is 2.29. The maximum Gasteiger partial charge on any atom is 0.322 e. The molecule has 1 N–H and O–H groups in total. The average molecular weight is 638 g/mol. The van der Waals surface area contributed by atoms with Crippen molar-refractivity contribution in [1.29, 1.82) is 0 Å². The van der Waals surface area contributed by atoms with Crippen LogP contribution >= 0.6 is 0 Å². The summed E-state index contributed by atoms with van der Waals surface area (Å²) in [6.45, 7) is 7.61. The van der Waals surface area contributed by atoms with E-state index in [9.17, 15) is 14.4 Å². The van der Waals surface area contributed by atoms with Crippen molar-refractivity contribution in [2.45, 2.75) is 57.2 Å². The van der Waals surface area contributed by atoms with Gasteiger partial charge in [0.25, 0.3) is 0 Å². The Morgan fingerprint density at radius 2 is 1.55 bits per heavy atom. The van der Waals surface area contributed by atoms with Gasteiger partial charge in [0.05, 0.1) is 17.8 Å². The topological polar surface area (TPSA) is 92.3 Å². The Balaban J connectivity index is 1.01. The van der Waals surface area contributed by atoms with Gasteiger partial charge in [0.15, 0.2) is 0 Å². The smallest absolute Gasteiger partial charge is 0.322 e. The molecular formula is C37H47N7O3. The molecule has 1 unspecified atom stereocenters. The van der Waals surface area contributed by atoms with Crippen molar-refractivity contribution in [3.8, 4) is 0 Å². The molecule has 0 radical (unpaired) electrons. The highest BCUT2D eigenvalue weighted by atomic mass is 16.2. The molecule has 5 heterocycles. The van der Waals surface area contributed by atoms with Crippen LogP contribution in [-0.2, 0) is 22.6 Å². The first-order chi connectivity index (χ1) is 22.9. The number of nitrogens with zero attached hydrogens (tertiary/aromatic N) is 6. The molecule has 3 saturated heterocycles. The highest BCUT2D eigenvalue weighted by molar-refractivity contribution is 5.92. The summed E-state index contributed by atoms with van der Waals surface area (Å²) in [5.74, 6) is -0.269. The van der Waals surface area contributed by atoms with E-state index in [1.54, 1.807) is 12.4 Å². The number of rotatable bonds is 7. The minimum absolute atomic E-state index is 0.0360. The Kier molecular flexibility index (Phi) is 9.40. The lowest BCUT2D eigenvalue weighted by Gasteiger charge is -2.43. The Bertz CT molecular complexity index is 1580. The summed E-state index contributed by atoms with van der Waals surface area (Å²) in [6.07, 6.45) is 7.62. The van der Waals surface area contributed by atoms with Crippen molar-refractivity contribution in [2.24, 2.45) is 5.92 Å². The van der Waals surface area contributed by atoms with Gasteiger partial charge in [0, 0.05) is 83.6 Å². The van der Waals surface area contributed by atoms with Gasteiger partial charge in [-0.2, -0.15) is 0 Å². The maximum absolute atomic E-state index is 14.3. The molecule has 4 amide bonds. The van der Waals surface area contributed by atoms with Gasteiger partial charge in [0.1, 0.15) is 0 Å². The third-order valence-electron chi connectivity index (χ3n) is 11.0. The minimum Gasteiger partial charge on any atom is -0.343 e. The van der Waals surface area contributed by atoms with E-state index in [-0.39, 0.29) is 30.3 Å². The summed E-state index contributed by atoms with van der Waals surface area (Å²) in [5, 5.41) is 5.26. The van der Waals surface area contributed by atoms with Crippen molar-refractivity contribution >= 4 is 34.3 Å². The number of amides is 4. The fraction of sp³-hybridized carbons (Fsp3) is 0.514. The summed E-state index contributed by atoms with van der Waals surface area (Å²) in [4.78, 5) is 56.0. The number of piperidine rings is 2. The highest BCUT2D eigenvalue weighted by Gasteiger charge is 2.36. The number of nitrogens with one attached hydrogen (secondary N) is 1. The number of carbonyl (C=O) groups excluding carboxylic acids is 3. The standard InChI is InChI=1S/C37H47N7O3/c1-40-19-21-41(22-20-40)31-10-17-43(18-11-31)36(46)30(23-28-7-4-6-27-5-2-3-8-33(27)28)24-35(45)42-15-12-32(13-16-42)44-26-29-9-14-38-25-34(29)39-37(44)47/h2-9,14,25,30-32H,10-13,15-24,26H2,1H3,(H,39,47). The summed E-state index contributed by atoms with van der Waals surface area (Å²) in [5.41, 5.74) is 2.94. The predicted octanol–water partition coefficient (Wildman–Crippen LogP) is 4.06. The molecule has 0 aliphatic carbocycles. The van der Waals surface area contributed by atoms with Crippen LogP contribution in [0, 0.1) is 5.92 Å². The van der Waals surface area contributed by atoms with E-state index in [2.05, 4.69) is 57.5 Å². The number of pyridine rings is 1. The second kappa shape index (κ2) is 14.0. The Morgan fingerprint density at radius 1 is 0.851 bits per heavy atom. The van der Waals surface area contributed by atoms with E-state index in [1.165, 1.54) is 0 Å². The number of likely N-dealkylation sites (tertiary alicyclic amines) is 2. The molecule has 10 heteroatoms. The molecule has 3 aromatic rings. The molecule has 0 bridgehead atoms. The molecule has 248 valence electrons. The number of likely N-dealkylation sites (N-methyl/N-ethyl adjacent to an activating group) is 1. The summed E-state index contributed by atoms with van der Waals surface area (Å²) in [7, 11) is 2.18. The second-order valence-corrected chi connectivity index (χ2v) is 13.8. The molecule has 7 rings (SSSR count). The first-order valence-corrected chi connectivity index (χ1v) is 17.4. The fourth-order valence-electron chi connectivity index (χ4n) is 8.06. The van der Waals surface area contributed by atoms with Crippen molar-refractivity contribution < 1.29 is 14.4 Å². The van der Waals surface area contributed by atoms with Crippen LogP contribution in [0.15, 0.2) is 60.9 Å². The van der Waals surface area contributed by atoms with E-state index in [0.717, 1.165) is 92.5 Å². The van der Waals surface area contributed by atoms with Gasteiger partial charge in [-0.1, -0.05) is 42.5 Å². The largest absolute Gasteiger partial charge is 0.343 e. The number of hydrogen-bond donors (Lipinski definition) is 1. The SMILES string of the molecule is CN1CCN(C2CCN(C(=O)C(CC(=O)N3CCC(N4Cc5ccncc5NC4=O)CC3)Cc3cccc4ccccc34)CC2)CC1. The molecule has 47 heavy (non-hydrogen) atoms. The summed E-state index contributed by atoms with van der Waals surface area (Å²) >= 11 is 0. The lowest BCUT2D eigenvalue weighted by Crippen LogP contribution is -2.54. The monoisotopic (exact) mass is 637 g/mol. The lowest BCUT2D eigenvalue weighted by molar-refractivity contribution is -0.143. The molecule has 2 aromatic carbocycles. The molecule has 0 saturated carbocycles. The third kappa shape index (κ3) is 6.99. The summed E-state index contributed by atoms with van der Waals surface area (Å²) < 4.78 is 0. The zero-order valence-corrected chi connectivity index (χ0v) is 27.5. The van der Waals surface area contributed by atoms with E-state index in [0.29, 0.717) is 32.1 Å². The number of piperazine rings is 1. The van der Waals surface area contributed by atoms with Gasteiger partial charge in [-0.05, 0) is 67.1 Å². The minimum atomic E-state index is -0.413. The first kappa shape index (κ1) is 31.6. The molecule has 10 nitrogen and oxygen atoms in total. The Hall–Kier alpha value is -4.02. The lowest BCUT2D eigenvalue weighted by atomic mass is 9.90. The number of urea groups is 1. The molecule has 1 aromatic heterocycles. The van der Waals surface area contributed by atoms with Gasteiger partial charge in [-0.3, -0.25) is 19.5 Å². The number of fused-ring (bicyclic) bond motifs is 2. The maximum atomic E-state index is 14.3. The van der Waals surface area contributed by atoms with Crippen LogP contribution in [0.2, 0.25) is 0 Å². The predicted molar refractivity (Wildman–Crippen MR) is 183 cm³/mol. The normalized spacial score (nSPS) is 21.0. The van der Waals surface area contributed by atoms with Gasteiger partial charge < -0.3 is 24.9 Å². The fourth-order valence-corrected chi connectivity index (χ4v) is 8.06. The van der Waals surface area contributed by atoms with Gasteiger partial charge in [0.2, 0.25) is 11.8 Å². The zero-order valence-electron chi connectivity index (χ0n) is 27.5. The van der Waals surface area contributed by atoms with Crippen LogP contribution in [-0.4, -0.2) is 119 Å². The molecule has 4 aliphatic rings. The zero-order chi connectivity index (χ0) is 32.3. The number of benzene rings is 2. The van der Waals surface area contributed by atoms with Crippen LogP contribution < -0.4 is 5.32 Å². The van der Waals surface area contributed by atoms with Crippen LogP contribution in [0.25, 0.3) is 10.8 Å². The van der Waals surface area contributed by atoms with Crippen LogP contribution in [0.3, 0.4) is 0 Å². The van der Waals surface area contributed by atoms with E-state index in [4.69, 9.17) is 0 Å². The quantitative estimate of drug-likeness (QED) is 0.420. The van der Waals surface area contributed by atoms with Gasteiger partial charge in [-0.25, -0.2) is 4.79 Å². The van der Waals surface area contributed by atoms with E-state index >= 15 is 0 Å². The molecule has 4 aliphatic heterocycles. The molecule has 1 atom stereocenters. The van der Waals surface area contributed by atoms with Crippen LogP contribution in [0.1, 0.15) is 43.2 Å². The van der Waals surface area contributed by atoms with Gasteiger partial charge >= 0.3 is 6.03 Å². The van der Waals surface area contributed by atoms with Crippen LogP contribution in [0.4, 0.5) is 10.5 Å². The second-order valence-electron chi connectivity index (χ2n) is 13.8. The van der Waals surface area contributed by atoms with Crippen molar-refractivity contribution in [3.63, 3.8) is 0 Å². The number of anilines is 1. The summed E-state index contributed by atoms with van der Waals surface area (Å²) in [6, 6.07) is 17.0. The third-order valence-corrected chi connectivity index (χ3v) is 11.0.